The average Bonchev–Trinajstić information content (AvgIpc) is 3.09. The molecule has 1 fully saturated rings. The van der Waals surface area contributed by atoms with E-state index in [0.717, 1.165) is 22.4 Å². The van der Waals surface area contributed by atoms with Crippen LogP contribution in [0.3, 0.4) is 0 Å². The number of fused-ring (bicyclic) bond motifs is 1. The molecule has 1 aromatic heterocycles. The number of benzene rings is 1. The Labute approximate surface area is 141 Å². The molecule has 0 unspecified atom stereocenters. The van der Waals surface area contributed by atoms with Gasteiger partial charge in [0.25, 0.3) is 0 Å². The number of urea groups is 1. The van der Waals surface area contributed by atoms with Crippen LogP contribution in [0.5, 0.6) is 0 Å². The molecule has 7 nitrogen and oxygen atoms in total. The van der Waals surface area contributed by atoms with E-state index in [2.05, 4.69) is 15.3 Å². The van der Waals surface area contributed by atoms with Gasteiger partial charge in [0.2, 0.25) is 5.91 Å². The second-order valence-corrected chi connectivity index (χ2v) is 6.54. The van der Waals surface area contributed by atoms with Gasteiger partial charge in [-0.25, -0.2) is 9.78 Å². The Bertz CT molecular complexity index is 769. The Morgan fingerprint density at radius 1 is 1.50 bits per heavy atom. The summed E-state index contributed by atoms with van der Waals surface area (Å²) in [6.45, 7) is 3.64. The lowest BCUT2D eigenvalue weighted by Gasteiger charge is -2.21. The van der Waals surface area contributed by atoms with Gasteiger partial charge in [0.15, 0.2) is 0 Å². The Balaban J connectivity index is 1.54. The first-order chi connectivity index (χ1) is 11.4. The van der Waals surface area contributed by atoms with E-state index >= 15 is 0 Å². The van der Waals surface area contributed by atoms with Crippen LogP contribution >= 0.6 is 0 Å². The third-order valence-electron chi connectivity index (χ3n) is 4.47. The summed E-state index contributed by atoms with van der Waals surface area (Å²) in [6, 6.07) is 5.81. The van der Waals surface area contributed by atoms with Crippen LogP contribution in [0.4, 0.5) is 4.79 Å². The molecule has 1 atom stereocenters. The van der Waals surface area contributed by atoms with Crippen LogP contribution in [-0.2, 0) is 11.3 Å². The van der Waals surface area contributed by atoms with E-state index in [1.165, 1.54) is 0 Å². The van der Waals surface area contributed by atoms with Gasteiger partial charge in [-0.3, -0.25) is 4.79 Å². The molecule has 1 aliphatic heterocycles. The molecule has 7 heteroatoms. The van der Waals surface area contributed by atoms with Crippen LogP contribution in [0.15, 0.2) is 18.2 Å². The van der Waals surface area contributed by atoms with Gasteiger partial charge in [-0.15, -0.1) is 0 Å². The first kappa shape index (κ1) is 16.3. The largest absolute Gasteiger partial charge is 0.345 e. The van der Waals surface area contributed by atoms with Crippen molar-refractivity contribution in [3.8, 4) is 0 Å². The third-order valence-corrected chi connectivity index (χ3v) is 4.47. The number of H-pyrrole nitrogens is 1. The standard InChI is InChI=1S/C17H23N5O2/c1-11-5-4-6-13-16(11)20-14(19-13)8-18-17(24)22(3)10-12-7-15(23)21(2)9-12/h4-6,12H,7-10H2,1-3H3,(H,18,24)(H,19,20)/t12-/m1/s1. The maximum Gasteiger partial charge on any atom is 0.317 e. The smallest absolute Gasteiger partial charge is 0.317 e. The van der Waals surface area contributed by atoms with Crippen molar-refractivity contribution in [2.75, 3.05) is 27.2 Å². The molecular weight excluding hydrogens is 306 g/mol. The fourth-order valence-corrected chi connectivity index (χ4v) is 3.15. The molecule has 3 amide bonds. The number of aromatic amines is 1. The lowest BCUT2D eigenvalue weighted by atomic mass is 10.1. The molecule has 0 bridgehead atoms. The van der Waals surface area contributed by atoms with Crippen LogP contribution in [0.1, 0.15) is 17.8 Å². The molecule has 24 heavy (non-hydrogen) atoms. The van der Waals surface area contributed by atoms with E-state index in [-0.39, 0.29) is 17.9 Å². The highest BCUT2D eigenvalue weighted by Crippen LogP contribution is 2.17. The minimum absolute atomic E-state index is 0.145. The molecule has 0 aliphatic carbocycles. The fraction of sp³-hybridized carbons (Fsp3) is 0.471. The fourth-order valence-electron chi connectivity index (χ4n) is 3.15. The van der Waals surface area contributed by atoms with Crippen molar-refractivity contribution in [2.24, 2.45) is 5.92 Å². The highest BCUT2D eigenvalue weighted by Gasteiger charge is 2.28. The highest BCUT2D eigenvalue weighted by atomic mass is 16.2. The molecule has 1 aromatic carbocycles. The van der Waals surface area contributed by atoms with Crippen molar-refractivity contribution in [2.45, 2.75) is 19.9 Å². The van der Waals surface area contributed by atoms with Crippen LogP contribution in [0.2, 0.25) is 0 Å². The SMILES string of the molecule is Cc1cccc2[nH]c(CNC(=O)N(C)C[C@@H]3CC(=O)N(C)C3)nc12. The van der Waals surface area contributed by atoms with E-state index in [4.69, 9.17) is 0 Å². The number of hydrogen-bond acceptors (Lipinski definition) is 3. The minimum Gasteiger partial charge on any atom is -0.345 e. The zero-order chi connectivity index (χ0) is 17.3. The summed E-state index contributed by atoms with van der Waals surface area (Å²) >= 11 is 0. The normalized spacial score (nSPS) is 17.5. The molecule has 1 saturated heterocycles. The molecule has 2 heterocycles. The van der Waals surface area contributed by atoms with Crippen LogP contribution in [-0.4, -0.2) is 58.9 Å². The number of aryl methyl sites for hydroxylation is 1. The lowest BCUT2D eigenvalue weighted by molar-refractivity contribution is -0.126. The summed E-state index contributed by atoms with van der Waals surface area (Å²) in [5.74, 6) is 1.08. The number of nitrogens with one attached hydrogen (secondary N) is 2. The van der Waals surface area contributed by atoms with Crippen LogP contribution in [0.25, 0.3) is 11.0 Å². The van der Waals surface area contributed by atoms with Crippen LogP contribution in [0, 0.1) is 12.8 Å². The van der Waals surface area contributed by atoms with Crippen molar-refractivity contribution in [1.82, 2.24) is 25.1 Å². The predicted molar refractivity (Wildman–Crippen MR) is 91.4 cm³/mol. The molecule has 2 aromatic rings. The number of rotatable bonds is 4. The summed E-state index contributed by atoms with van der Waals surface area (Å²) in [6.07, 6.45) is 0.511. The first-order valence-corrected chi connectivity index (χ1v) is 8.11. The van der Waals surface area contributed by atoms with Gasteiger partial charge in [0, 0.05) is 39.5 Å². The Kier molecular flexibility index (Phi) is 4.42. The predicted octanol–water partition coefficient (Wildman–Crippen LogP) is 1.49. The molecular formula is C17H23N5O2. The maximum atomic E-state index is 12.2. The van der Waals surface area contributed by atoms with Crippen molar-refractivity contribution in [3.63, 3.8) is 0 Å². The second-order valence-electron chi connectivity index (χ2n) is 6.54. The third kappa shape index (κ3) is 3.34. The van der Waals surface area contributed by atoms with E-state index < -0.39 is 0 Å². The van der Waals surface area contributed by atoms with E-state index in [1.807, 2.05) is 25.1 Å². The lowest BCUT2D eigenvalue weighted by Crippen LogP contribution is -2.40. The monoisotopic (exact) mass is 329 g/mol. The molecule has 0 saturated carbocycles. The second kappa shape index (κ2) is 6.51. The summed E-state index contributed by atoms with van der Waals surface area (Å²) in [7, 11) is 3.55. The van der Waals surface area contributed by atoms with Crippen molar-refractivity contribution in [1.29, 1.82) is 0 Å². The van der Waals surface area contributed by atoms with Crippen LogP contribution < -0.4 is 5.32 Å². The summed E-state index contributed by atoms with van der Waals surface area (Å²) in [4.78, 5) is 34.9. The number of hydrogen-bond donors (Lipinski definition) is 2. The van der Waals surface area contributed by atoms with Gasteiger partial charge >= 0.3 is 6.03 Å². The summed E-state index contributed by atoms with van der Waals surface area (Å²) in [5, 5.41) is 2.87. The Morgan fingerprint density at radius 3 is 2.96 bits per heavy atom. The van der Waals surface area contributed by atoms with Crippen molar-refractivity contribution in [3.05, 3.63) is 29.6 Å². The van der Waals surface area contributed by atoms with E-state index in [1.54, 1.807) is 23.9 Å². The summed E-state index contributed by atoms with van der Waals surface area (Å²) in [5.41, 5.74) is 3.01. The number of amides is 3. The topological polar surface area (TPSA) is 81.3 Å². The minimum atomic E-state index is -0.158. The highest BCUT2D eigenvalue weighted by molar-refractivity contribution is 5.79. The average molecular weight is 329 g/mol. The molecule has 128 valence electrons. The number of carbonyl (C=O) groups is 2. The Morgan fingerprint density at radius 2 is 2.29 bits per heavy atom. The van der Waals surface area contributed by atoms with Gasteiger partial charge in [-0.1, -0.05) is 12.1 Å². The Hall–Kier alpha value is -2.57. The number of imidazole rings is 1. The number of carbonyl (C=O) groups excluding carboxylic acids is 2. The summed E-state index contributed by atoms with van der Waals surface area (Å²) < 4.78 is 0. The van der Waals surface area contributed by atoms with Gasteiger partial charge in [-0.05, 0) is 18.6 Å². The number of nitrogens with zero attached hydrogens (tertiary/aromatic N) is 3. The maximum absolute atomic E-state index is 12.2. The molecule has 0 radical (unpaired) electrons. The van der Waals surface area contributed by atoms with Gasteiger partial charge in [0.1, 0.15) is 5.82 Å². The quantitative estimate of drug-likeness (QED) is 0.892. The van der Waals surface area contributed by atoms with E-state index in [9.17, 15) is 9.59 Å². The van der Waals surface area contributed by atoms with Gasteiger partial charge in [0.05, 0.1) is 17.6 Å². The van der Waals surface area contributed by atoms with E-state index in [0.29, 0.717) is 26.1 Å². The van der Waals surface area contributed by atoms with Gasteiger partial charge in [-0.2, -0.15) is 0 Å². The van der Waals surface area contributed by atoms with Gasteiger partial charge < -0.3 is 20.1 Å². The van der Waals surface area contributed by atoms with Crippen molar-refractivity contribution < 1.29 is 9.59 Å². The zero-order valence-corrected chi connectivity index (χ0v) is 14.3. The molecule has 1 aliphatic rings. The zero-order valence-electron chi connectivity index (χ0n) is 14.3. The molecule has 2 N–H and O–H groups in total. The number of para-hydroxylation sites is 1. The number of aromatic nitrogens is 2. The molecule has 3 rings (SSSR count). The number of likely N-dealkylation sites (tertiary alicyclic amines) is 1. The molecule has 0 spiro atoms. The van der Waals surface area contributed by atoms with Crippen molar-refractivity contribution >= 4 is 23.0 Å². The first-order valence-electron chi connectivity index (χ1n) is 8.11.